The molecular formula is C20H22Cl2N2O5S. The van der Waals surface area contributed by atoms with Gasteiger partial charge in [-0.15, -0.1) is 0 Å². The molecule has 0 aliphatic heterocycles. The Hall–Kier alpha value is -2.29. The average Bonchev–Trinajstić information content (AvgIpc) is 2.67. The SMILES string of the molecule is CCOC(=O)c1cc(NC(=O)[C@@H](CC)N(c2ccc(Cl)cc2)S(C)(=O)=O)ccc1Cl. The Morgan fingerprint density at radius 1 is 1.10 bits per heavy atom. The molecule has 1 amide bonds. The van der Waals surface area contributed by atoms with Crippen LogP contribution < -0.4 is 9.62 Å². The van der Waals surface area contributed by atoms with Crippen LogP contribution in [0.15, 0.2) is 42.5 Å². The summed E-state index contributed by atoms with van der Waals surface area (Å²) in [7, 11) is -3.78. The molecule has 0 unspecified atom stereocenters. The summed E-state index contributed by atoms with van der Waals surface area (Å²) < 4.78 is 30.9. The van der Waals surface area contributed by atoms with Crippen molar-refractivity contribution in [1.29, 1.82) is 0 Å². The molecule has 2 aromatic carbocycles. The van der Waals surface area contributed by atoms with Gasteiger partial charge in [0.25, 0.3) is 0 Å². The molecule has 0 saturated heterocycles. The number of nitrogens with zero attached hydrogens (tertiary/aromatic N) is 1. The number of sulfonamides is 1. The number of carbonyl (C=O) groups excluding carboxylic acids is 2. The first-order chi connectivity index (χ1) is 14.1. The predicted molar refractivity (Wildman–Crippen MR) is 119 cm³/mol. The zero-order chi connectivity index (χ0) is 22.5. The van der Waals surface area contributed by atoms with E-state index in [2.05, 4.69) is 5.32 Å². The maximum atomic E-state index is 13.0. The van der Waals surface area contributed by atoms with Gasteiger partial charge in [-0.3, -0.25) is 9.10 Å². The van der Waals surface area contributed by atoms with Crippen LogP contribution in [0.3, 0.4) is 0 Å². The van der Waals surface area contributed by atoms with E-state index < -0.39 is 27.9 Å². The van der Waals surface area contributed by atoms with Crippen LogP contribution in [-0.4, -0.2) is 39.2 Å². The van der Waals surface area contributed by atoms with Gasteiger partial charge in [-0.05, 0) is 55.8 Å². The Kier molecular flexibility index (Phi) is 8.11. The second kappa shape index (κ2) is 10.1. The number of ether oxygens (including phenoxy) is 1. The molecule has 7 nitrogen and oxygen atoms in total. The Morgan fingerprint density at radius 3 is 2.27 bits per heavy atom. The average molecular weight is 473 g/mol. The molecular weight excluding hydrogens is 451 g/mol. The topological polar surface area (TPSA) is 92.8 Å². The molecule has 0 bridgehead atoms. The summed E-state index contributed by atoms with van der Waals surface area (Å²) in [5, 5.41) is 3.27. The first-order valence-electron chi connectivity index (χ1n) is 9.11. The molecule has 0 aromatic heterocycles. The van der Waals surface area contributed by atoms with E-state index in [1.807, 2.05) is 0 Å². The van der Waals surface area contributed by atoms with Crippen molar-refractivity contribution >= 4 is 56.5 Å². The summed E-state index contributed by atoms with van der Waals surface area (Å²) in [6.45, 7) is 3.54. The highest BCUT2D eigenvalue weighted by atomic mass is 35.5. The number of hydrogen-bond donors (Lipinski definition) is 1. The lowest BCUT2D eigenvalue weighted by atomic mass is 10.1. The molecule has 1 atom stereocenters. The van der Waals surface area contributed by atoms with Gasteiger partial charge < -0.3 is 10.1 Å². The summed E-state index contributed by atoms with van der Waals surface area (Å²) in [6.07, 6.45) is 1.23. The second-order valence-electron chi connectivity index (χ2n) is 6.36. The third-order valence-electron chi connectivity index (χ3n) is 4.14. The van der Waals surface area contributed by atoms with E-state index >= 15 is 0 Å². The monoisotopic (exact) mass is 472 g/mol. The van der Waals surface area contributed by atoms with E-state index in [1.54, 1.807) is 26.0 Å². The fraction of sp³-hybridized carbons (Fsp3) is 0.300. The fourth-order valence-electron chi connectivity index (χ4n) is 2.84. The lowest BCUT2D eigenvalue weighted by Gasteiger charge is -2.30. The Balaban J connectivity index is 2.36. The quantitative estimate of drug-likeness (QED) is 0.576. The van der Waals surface area contributed by atoms with Crippen LogP contribution in [0.1, 0.15) is 30.6 Å². The number of anilines is 2. The first kappa shape index (κ1) is 24.0. The highest BCUT2D eigenvalue weighted by Gasteiger charge is 2.31. The standard InChI is InChI=1S/C20H22Cl2N2O5S/c1-4-18(24(30(3,27)28)15-9-6-13(21)7-10-15)19(25)23-14-8-11-17(22)16(12-14)20(26)29-5-2/h6-12,18H,4-5H2,1-3H3,(H,23,25)/t18-/m1/s1. The van der Waals surface area contributed by atoms with E-state index in [1.165, 1.54) is 30.3 Å². The zero-order valence-electron chi connectivity index (χ0n) is 16.7. The fourth-order valence-corrected chi connectivity index (χ4v) is 4.37. The molecule has 0 radical (unpaired) electrons. The molecule has 1 N–H and O–H groups in total. The van der Waals surface area contributed by atoms with Crippen LogP contribution in [0.2, 0.25) is 10.0 Å². The minimum Gasteiger partial charge on any atom is -0.462 e. The number of benzene rings is 2. The molecule has 0 aliphatic rings. The van der Waals surface area contributed by atoms with Crippen molar-refractivity contribution in [2.75, 3.05) is 22.5 Å². The maximum Gasteiger partial charge on any atom is 0.339 e. The Morgan fingerprint density at radius 2 is 1.73 bits per heavy atom. The summed E-state index contributed by atoms with van der Waals surface area (Å²) in [5.41, 5.74) is 0.699. The van der Waals surface area contributed by atoms with Gasteiger partial charge in [-0.2, -0.15) is 0 Å². The van der Waals surface area contributed by atoms with E-state index in [4.69, 9.17) is 27.9 Å². The Bertz CT molecular complexity index is 1030. The van der Waals surface area contributed by atoms with Crippen LogP contribution in [0, 0.1) is 0 Å². The minimum absolute atomic E-state index is 0.0991. The van der Waals surface area contributed by atoms with E-state index in [9.17, 15) is 18.0 Å². The van der Waals surface area contributed by atoms with Crippen LogP contribution in [0.25, 0.3) is 0 Å². The minimum atomic E-state index is -3.78. The van der Waals surface area contributed by atoms with Gasteiger partial charge in [0.1, 0.15) is 6.04 Å². The molecule has 0 heterocycles. The maximum absolute atomic E-state index is 13.0. The van der Waals surface area contributed by atoms with Gasteiger partial charge in [0, 0.05) is 10.7 Å². The van der Waals surface area contributed by atoms with Gasteiger partial charge >= 0.3 is 5.97 Å². The van der Waals surface area contributed by atoms with E-state index in [-0.39, 0.29) is 29.3 Å². The predicted octanol–water partition coefficient (Wildman–Crippen LogP) is 4.35. The van der Waals surface area contributed by atoms with Crippen molar-refractivity contribution in [2.24, 2.45) is 0 Å². The Labute approximate surface area is 186 Å². The summed E-state index contributed by atoms with van der Waals surface area (Å²) in [5.74, 6) is -1.18. The van der Waals surface area contributed by atoms with Crippen LogP contribution in [0.4, 0.5) is 11.4 Å². The van der Waals surface area contributed by atoms with Crippen molar-refractivity contribution in [2.45, 2.75) is 26.3 Å². The zero-order valence-corrected chi connectivity index (χ0v) is 19.0. The number of halogens is 2. The van der Waals surface area contributed by atoms with Gasteiger partial charge in [0.15, 0.2) is 0 Å². The van der Waals surface area contributed by atoms with Crippen LogP contribution in [-0.2, 0) is 19.6 Å². The van der Waals surface area contributed by atoms with Gasteiger partial charge in [0.05, 0.1) is 29.1 Å². The third-order valence-corrected chi connectivity index (χ3v) is 5.90. The lowest BCUT2D eigenvalue weighted by molar-refractivity contribution is -0.117. The molecule has 10 heteroatoms. The summed E-state index contributed by atoms with van der Waals surface area (Å²) in [4.78, 5) is 25.0. The highest BCUT2D eigenvalue weighted by Crippen LogP contribution is 2.26. The lowest BCUT2D eigenvalue weighted by Crippen LogP contribution is -2.47. The van der Waals surface area contributed by atoms with Crippen LogP contribution in [0.5, 0.6) is 0 Å². The smallest absolute Gasteiger partial charge is 0.339 e. The molecule has 162 valence electrons. The largest absolute Gasteiger partial charge is 0.462 e. The molecule has 0 fully saturated rings. The van der Waals surface area contributed by atoms with Crippen molar-refractivity contribution in [1.82, 2.24) is 0 Å². The van der Waals surface area contributed by atoms with E-state index in [0.717, 1.165) is 10.6 Å². The number of hydrogen-bond acceptors (Lipinski definition) is 5. The highest BCUT2D eigenvalue weighted by molar-refractivity contribution is 7.92. The van der Waals surface area contributed by atoms with E-state index in [0.29, 0.717) is 10.7 Å². The van der Waals surface area contributed by atoms with Crippen molar-refractivity contribution in [3.63, 3.8) is 0 Å². The second-order valence-corrected chi connectivity index (χ2v) is 9.07. The number of amides is 1. The molecule has 30 heavy (non-hydrogen) atoms. The molecule has 0 saturated carbocycles. The summed E-state index contributed by atoms with van der Waals surface area (Å²) >= 11 is 11.9. The van der Waals surface area contributed by atoms with Gasteiger partial charge in [-0.25, -0.2) is 13.2 Å². The normalized spacial score (nSPS) is 12.2. The van der Waals surface area contributed by atoms with Crippen molar-refractivity contribution in [3.05, 3.63) is 58.1 Å². The van der Waals surface area contributed by atoms with Crippen molar-refractivity contribution in [3.8, 4) is 0 Å². The molecule has 0 aliphatic carbocycles. The number of carbonyl (C=O) groups is 2. The molecule has 2 aromatic rings. The first-order valence-corrected chi connectivity index (χ1v) is 11.7. The number of nitrogens with one attached hydrogen (secondary N) is 1. The molecule has 2 rings (SSSR count). The van der Waals surface area contributed by atoms with Gasteiger partial charge in [-0.1, -0.05) is 30.1 Å². The van der Waals surface area contributed by atoms with Crippen molar-refractivity contribution < 1.29 is 22.7 Å². The van der Waals surface area contributed by atoms with Crippen LogP contribution >= 0.6 is 23.2 Å². The number of esters is 1. The molecule has 0 spiro atoms. The third kappa shape index (κ3) is 5.87. The number of rotatable bonds is 8. The van der Waals surface area contributed by atoms with Gasteiger partial charge in [0.2, 0.25) is 15.9 Å². The summed E-state index contributed by atoms with van der Waals surface area (Å²) in [6, 6.07) is 9.48.